The van der Waals surface area contributed by atoms with Crippen molar-refractivity contribution < 1.29 is 9.18 Å². The zero-order chi connectivity index (χ0) is 27.1. The largest absolute Gasteiger partial charge is 0.322 e. The first-order valence-corrected chi connectivity index (χ1v) is 13.2. The predicted octanol–water partition coefficient (Wildman–Crippen LogP) is 7.12. The number of benzene rings is 3. The SMILES string of the molecule is CCc1nn(-c2ccccc2)c2c1CN(C(=O)Nc1ccc(C)c(C)c1)C(c1cccc(F)c1)c1cccn1-2. The number of rotatable bonds is 4. The number of aromatic nitrogens is 3. The standard InChI is InChI=1S/C32H30FN5O/c1-4-28-27-20-37(32(39)34-25-16-15-21(2)22(3)18-25)30(23-10-8-11-24(33)19-23)29-14-9-17-36(29)31(27)38(35-28)26-12-6-5-7-13-26/h5-19,30H,4,20H2,1-3H3,(H,34,39). The van der Waals surface area contributed by atoms with Crippen molar-refractivity contribution in [3.63, 3.8) is 0 Å². The Morgan fingerprint density at radius 3 is 2.54 bits per heavy atom. The second-order valence-electron chi connectivity index (χ2n) is 9.97. The first kappa shape index (κ1) is 24.7. The minimum Gasteiger partial charge on any atom is -0.308 e. The van der Waals surface area contributed by atoms with Gasteiger partial charge in [0.2, 0.25) is 0 Å². The third-order valence-corrected chi connectivity index (χ3v) is 7.49. The van der Waals surface area contributed by atoms with Crippen LogP contribution in [0.2, 0.25) is 0 Å². The predicted molar refractivity (Wildman–Crippen MR) is 151 cm³/mol. The van der Waals surface area contributed by atoms with E-state index in [1.165, 1.54) is 12.1 Å². The van der Waals surface area contributed by atoms with E-state index in [1.54, 1.807) is 11.0 Å². The van der Waals surface area contributed by atoms with Crippen LogP contribution in [0.15, 0.2) is 91.1 Å². The molecular formula is C32H30FN5O. The number of urea groups is 1. The Labute approximate surface area is 227 Å². The van der Waals surface area contributed by atoms with Crippen LogP contribution in [0.25, 0.3) is 11.5 Å². The molecule has 39 heavy (non-hydrogen) atoms. The number of hydrogen-bond donors (Lipinski definition) is 1. The van der Waals surface area contributed by atoms with Gasteiger partial charge in [-0.2, -0.15) is 5.10 Å². The molecule has 3 aromatic carbocycles. The lowest BCUT2D eigenvalue weighted by molar-refractivity contribution is 0.194. The number of anilines is 1. The van der Waals surface area contributed by atoms with E-state index < -0.39 is 6.04 Å². The average molecular weight is 520 g/mol. The van der Waals surface area contributed by atoms with Crippen molar-refractivity contribution in [3.8, 4) is 11.5 Å². The lowest BCUT2D eigenvalue weighted by atomic mass is 10.0. The maximum absolute atomic E-state index is 14.6. The Balaban J connectivity index is 1.55. The highest BCUT2D eigenvalue weighted by atomic mass is 19.1. The van der Waals surface area contributed by atoms with Crippen LogP contribution in [0.5, 0.6) is 0 Å². The fourth-order valence-corrected chi connectivity index (χ4v) is 5.39. The second-order valence-corrected chi connectivity index (χ2v) is 9.97. The van der Waals surface area contributed by atoms with Gasteiger partial charge < -0.3 is 14.8 Å². The smallest absolute Gasteiger partial charge is 0.308 e. The molecule has 7 heteroatoms. The molecule has 0 bridgehead atoms. The van der Waals surface area contributed by atoms with Crippen LogP contribution >= 0.6 is 0 Å². The molecule has 1 N–H and O–H groups in total. The molecule has 2 amide bonds. The molecule has 3 heterocycles. The van der Waals surface area contributed by atoms with Crippen LogP contribution in [-0.4, -0.2) is 25.3 Å². The quantitative estimate of drug-likeness (QED) is 0.275. The van der Waals surface area contributed by atoms with Gasteiger partial charge >= 0.3 is 6.03 Å². The lowest BCUT2D eigenvalue weighted by Crippen LogP contribution is -2.38. The van der Waals surface area contributed by atoms with Crippen molar-refractivity contribution in [2.24, 2.45) is 0 Å². The van der Waals surface area contributed by atoms with Crippen LogP contribution < -0.4 is 5.32 Å². The minimum absolute atomic E-state index is 0.261. The van der Waals surface area contributed by atoms with Gasteiger partial charge in [-0.25, -0.2) is 13.9 Å². The molecule has 1 unspecified atom stereocenters. The number of carbonyl (C=O) groups is 1. The molecule has 0 aliphatic carbocycles. The van der Waals surface area contributed by atoms with Gasteiger partial charge in [0, 0.05) is 17.4 Å². The highest BCUT2D eigenvalue weighted by Gasteiger charge is 2.36. The summed E-state index contributed by atoms with van der Waals surface area (Å²) < 4.78 is 18.6. The number of nitrogens with one attached hydrogen (secondary N) is 1. The van der Waals surface area contributed by atoms with Crippen molar-refractivity contribution in [1.29, 1.82) is 0 Å². The molecule has 1 aliphatic heterocycles. The van der Waals surface area contributed by atoms with E-state index in [0.29, 0.717) is 18.5 Å². The van der Waals surface area contributed by atoms with E-state index in [-0.39, 0.29) is 11.8 Å². The molecule has 0 saturated carbocycles. The lowest BCUT2D eigenvalue weighted by Gasteiger charge is -2.31. The average Bonchev–Trinajstić information content (AvgIpc) is 3.52. The highest BCUT2D eigenvalue weighted by molar-refractivity contribution is 5.90. The van der Waals surface area contributed by atoms with Crippen molar-refractivity contribution >= 4 is 11.7 Å². The molecule has 0 saturated heterocycles. The monoisotopic (exact) mass is 519 g/mol. The number of para-hydroxylation sites is 1. The summed E-state index contributed by atoms with van der Waals surface area (Å²) in [6, 6.07) is 25.6. The van der Waals surface area contributed by atoms with E-state index in [2.05, 4.69) is 16.8 Å². The Hall–Kier alpha value is -4.65. The van der Waals surface area contributed by atoms with E-state index in [1.807, 2.05) is 91.5 Å². The van der Waals surface area contributed by atoms with E-state index in [4.69, 9.17) is 5.10 Å². The summed E-state index contributed by atoms with van der Waals surface area (Å²) in [6.45, 7) is 6.45. The molecule has 5 aromatic rings. The summed E-state index contributed by atoms with van der Waals surface area (Å²) in [7, 11) is 0. The van der Waals surface area contributed by atoms with Gasteiger partial charge in [-0.15, -0.1) is 0 Å². The maximum Gasteiger partial charge on any atom is 0.322 e. The Morgan fingerprint density at radius 2 is 1.79 bits per heavy atom. The second kappa shape index (κ2) is 9.91. The van der Waals surface area contributed by atoms with E-state index in [0.717, 1.165) is 45.3 Å². The van der Waals surface area contributed by atoms with Gasteiger partial charge in [0.05, 0.1) is 29.7 Å². The summed E-state index contributed by atoms with van der Waals surface area (Å²) >= 11 is 0. The van der Waals surface area contributed by atoms with Gasteiger partial charge in [-0.05, 0) is 85.5 Å². The van der Waals surface area contributed by atoms with Gasteiger partial charge in [-0.1, -0.05) is 43.3 Å². The van der Waals surface area contributed by atoms with Crippen molar-refractivity contribution in [2.45, 2.75) is 39.8 Å². The molecule has 1 aliphatic rings. The fraction of sp³-hybridized carbons (Fsp3) is 0.188. The summed E-state index contributed by atoms with van der Waals surface area (Å²) in [4.78, 5) is 15.9. The van der Waals surface area contributed by atoms with Crippen molar-refractivity contribution in [2.75, 3.05) is 5.32 Å². The Kier molecular flexibility index (Phi) is 6.27. The van der Waals surface area contributed by atoms with Gasteiger partial charge in [0.15, 0.2) is 0 Å². The number of halogens is 1. The highest BCUT2D eigenvalue weighted by Crippen LogP contribution is 2.39. The summed E-state index contributed by atoms with van der Waals surface area (Å²) in [5, 5.41) is 8.10. The third-order valence-electron chi connectivity index (χ3n) is 7.49. The molecule has 0 spiro atoms. The number of nitrogens with zero attached hydrogens (tertiary/aromatic N) is 4. The Morgan fingerprint density at radius 1 is 0.974 bits per heavy atom. The Bertz CT molecular complexity index is 1670. The number of hydrogen-bond acceptors (Lipinski definition) is 2. The van der Waals surface area contributed by atoms with E-state index >= 15 is 0 Å². The van der Waals surface area contributed by atoms with Crippen LogP contribution in [0.1, 0.15) is 46.6 Å². The maximum atomic E-state index is 14.6. The minimum atomic E-state index is -0.524. The zero-order valence-corrected chi connectivity index (χ0v) is 22.2. The van der Waals surface area contributed by atoms with Gasteiger partial charge in [0.1, 0.15) is 11.6 Å². The van der Waals surface area contributed by atoms with Crippen LogP contribution in [0.3, 0.4) is 0 Å². The van der Waals surface area contributed by atoms with Crippen molar-refractivity contribution in [3.05, 3.63) is 131 Å². The van der Waals surface area contributed by atoms with Crippen LogP contribution in [0.4, 0.5) is 14.9 Å². The molecule has 0 fully saturated rings. The number of carbonyl (C=O) groups excluding carboxylic acids is 1. The van der Waals surface area contributed by atoms with Gasteiger partial charge in [0.25, 0.3) is 0 Å². The molecule has 6 rings (SSSR count). The molecule has 6 nitrogen and oxygen atoms in total. The molecule has 2 aromatic heterocycles. The molecule has 1 atom stereocenters. The normalized spacial score (nSPS) is 14.5. The number of fused-ring (bicyclic) bond motifs is 3. The van der Waals surface area contributed by atoms with E-state index in [9.17, 15) is 9.18 Å². The number of amides is 2. The summed E-state index contributed by atoms with van der Waals surface area (Å²) in [6.07, 6.45) is 2.70. The van der Waals surface area contributed by atoms with Gasteiger partial charge in [-0.3, -0.25) is 0 Å². The molecule has 0 radical (unpaired) electrons. The number of aryl methyl sites for hydroxylation is 3. The summed E-state index contributed by atoms with van der Waals surface area (Å²) in [5.41, 5.74) is 7.34. The van der Waals surface area contributed by atoms with Crippen molar-refractivity contribution in [1.82, 2.24) is 19.2 Å². The first-order valence-electron chi connectivity index (χ1n) is 13.2. The fourth-order valence-electron chi connectivity index (χ4n) is 5.39. The first-order chi connectivity index (χ1) is 18.9. The topological polar surface area (TPSA) is 55.1 Å². The molecule has 196 valence electrons. The summed E-state index contributed by atoms with van der Waals surface area (Å²) in [5.74, 6) is 0.549. The third kappa shape index (κ3) is 4.40. The van der Waals surface area contributed by atoms with Crippen LogP contribution in [0, 0.1) is 19.7 Å². The molecular weight excluding hydrogens is 489 g/mol. The zero-order valence-electron chi connectivity index (χ0n) is 22.2. The van der Waals surface area contributed by atoms with Crippen LogP contribution in [-0.2, 0) is 13.0 Å².